The van der Waals surface area contributed by atoms with E-state index >= 15 is 0 Å². The second kappa shape index (κ2) is 13.6. The molecule has 10 rings (SSSR count). The standard InChI is InChI=1S/C52H35N5/c1-52(2)46-27-33(32-53)18-24-44(46)45-25-23-39(31-47(45)52)40-28-41(43-17-9-15-36-16-10-26-54-48(36)43)30-42(29-40)51-56-49(37-13-7-4-8-14-37)55-50(57-51)38-21-19-35(20-22-38)34-11-5-3-6-12-34/h3-31H,1-2H3. The Morgan fingerprint density at radius 1 is 0.421 bits per heavy atom. The molecule has 5 heteroatoms. The van der Waals surface area contributed by atoms with Crippen molar-refractivity contribution in [3.05, 3.63) is 193 Å². The molecule has 0 aliphatic heterocycles. The van der Waals surface area contributed by atoms with Crippen molar-refractivity contribution in [2.75, 3.05) is 0 Å². The number of fused-ring (bicyclic) bond motifs is 4. The number of nitrogens with zero attached hydrogens (tertiary/aromatic N) is 5. The first-order valence-electron chi connectivity index (χ1n) is 19.1. The fourth-order valence-electron chi connectivity index (χ4n) is 8.20. The third kappa shape index (κ3) is 6.05. The highest BCUT2D eigenvalue weighted by Crippen LogP contribution is 2.50. The Morgan fingerprint density at radius 3 is 1.68 bits per heavy atom. The van der Waals surface area contributed by atoms with Crippen LogP contribution < -0.4 is 0 Å². The Hall–Kier alpha value is -7.55. The van der Waals surface area contributed by atoms with Gasteiger partial charge in [0.2, 0.25) is 0 Å². The van der Waals surface area contributed by atoms with Gasteiger partial charge in [0.15, 0.2) is 17.5 Å². The number of nitriles is 1. The van der Waals surface area contributed by atoms with Gasteiger partial charge in [0.1, 0.15) is 0 Å². The van der Waals surface area contributed by atoms with Gasteiger partial charge in [0, 0.05) is 39.3 Å². The van der Waals surface area contributed by atoms with Crippen LogP contribution in [0.25, 0.3) is 89.6 Å². The molecule has 0 amide bonds. The van der Waals surface area contributed by atoms with Crippen LogP contribution >= 0.6 is 0 Å². The molecule has 1 aliphatic carbocycles. The van der Waals surface area contributed by atoms with Crippen molar-refractivity contribution in [1.29, 1.82) is 5.26 Å². The number of benzene rings is 7. The van der Waals surface area contributed by atoms with Gasteiger partial charge in [-0.05, 0) is 92.5 Å². The predicted octanol–water partition coefficient (Wildman–Crippen LogP) is 12.6. The largest absolute Gasteiger partial charge is 0.256 e. The number of hydrogen-bond acceptors (Lipinski definition) is 5. The number of pyridine rings is 1. The molecule has 0 unspecified atom stereocenters. The summed E-state index contributed by atoms with van der Waals surface area (Å²) in [7, 11) is 0. The first kappa shape index (κ1) is 34.0. The number of rotatable bonds is 6. The maximum Gasteiger partial charge on any atom is 0.164 e. The smallest absolute Gasteiger partial charge is 0.164 e. The summed E-state index contributed by atoms with van der Waals surface area (Å²) in [6.07, 6.45) is 1.85. The summed E-state index contributed by atoms with van der Waals surface area (Å²) in [4.78, 5) is 20.2. The van der Waals surface area contributed by atoms with Gasteiger partial charge in [-0.1, -0.05) is 141 Å². The van der Waals surface area contributed by atoms with Gasteiger partial charge in [-0.2, -0.15) is 5.26 Å². The fourth-order valence-corrected chi connectivity index (χ4v) is 8.20. The third-order valence-electron chi connectivity index (χ3n) is 11.2. The van der Waals surface area contributed by atoms with Crippen molar-refractivity contribution < 1.29 is 0 Å². The molecular weight excluding hydrogens is 695 g/mol. The monoisotopic (exact) mass is 729 g/mol. The van der Waals surface area contributed by atoms with Crippen LogP contribution in [0.4, 0.5) is 0 Å². The van der Waals surface area contributed by atoms with Crippen LogP contribution in [0.2, 0.25) is 0 Å². The second-order valence-electron chi connectivity index (χ2n) is 15.1. The van der Waals surface area contributed by atoms with Crippen molar-refractivity contribution in [2.45, 2.75) is 19.3 Å². The van der Waals surface area contributed by atoms with Gasteiger partial charge in [0.25, 0.3) is 0 Å². The van der Waals surface area contributed by atoms with Crippen molar-refractivity contribution in [1.82, 2.24) is 19.9 Å². The fraction of sp³-hybridized carbons (Fsp3) is 0.0577. The SMILES string of the molecule is CC1(C)c2cc(C#N)ccc2-c2ccc(-c3cc(-c4nc(-c5ccccc5)nc(-c5ccc(-c6ccccc6)cc5)n4)cc(-c4cccc5cccnc45)c3)cc21. The summed E-state index contributed by atoms with van der Waals surface area (Å²) >= 11 is 0. The van der Waals surface area contributed by atoms with Crippen molar-refractivity contribution in [3.8, 4) is 84.7 Å². The number of para-hydroxylation sites is 1. The molecule has 57 heavy (non-hydrogen) atoms. The summed E-state index contributed by atoms with van der Waals surface area (Å²) < 4.78 is 0. The second-order valence-corrected chi connectivity index (χ2v) is 15.1. The van der Waals surface area contributed by atoms with Gasteiger partial charge < -0.3 is 0 Å². The molecule has 0 saturated heterocycles. The molecule has 7 aromatic carbocycles. The van der Waals surface area contributed by atoms with E-state index < -0.39 is 0 Å². The highest BCUT2D eigenvalue weighted by atomic mass is 15.0. The normalized spacial score (nSPS) is 12.5. The molecule has 0 N–H and O–H groups in total. The Morgan fingerprint density at radius 2 is 0.965 bits per heavy atom. The van der Waals surface area contributed by atoms with Crippen molar-refractivity contribution in [3.63, 3.8) is 0 Å². The molecule has 268 valence electrons. The van der Waals surface area contributed by atoms with E-state index in [2.05, 4.69) is 135 Å². The summed E-state index contributed by atoms with van der Waals surface area (Å²) in [5.74, 6) is 1.79. The van der Waals surface area contributed by atoms with Gasteiger partial charge in [-0.3, -0.25) is 4.98 Å². The zero-order valence-corrected chi connectivity index (χ0v) is 31.5. The zero-order chi connectivity index (χ0) is 38.5. The van der Waals surface area contributed by atoms with E-state index in [1.807, 2.05) is 60.8 Å². The molecule has 9 aromatic rings. The predicted molar refractivity (Wildman–Crippen MR) is 230 cm³/mol. The molecule has 0 spiro atoms. The molecule has 2 aromatic heterocycles. The minimum absolute atomic E-state index is 0.280. The summed E-state index contributed by atoms with van der Waals surface area (Å²) in [5, 5.41) is 10.8. The van der Waals surface area contributed by atoms with Crippen LogP contribution in [0.5, 0.6) is 0 Å². The van der Waals surface area contributed by atoms with E-state index in [-0.39, 0.29) is 5.41 Å². The van der Waals surface area contributed by atoms with E-state index in [1.54, 1.807) is 0 Å². The van der Waals surface area contributed by atoms with Crippen molar-refractivity contribution in [2.24, 2.45) is 0 Å². The first-order chi connectivity index (χ1) is 27.9. The highest BCUT2D eigenvalue weighted by Gasteiger charge is 2.36. The Kier molecular flexibility index (Phi) is 8.13. The maximum absolute atomic E-state index is 9.70. The highest BCUT2D eigenvalue weighted by molar-refractivity contribution is 5.96. The minimum atomic E-state index is -0.280. The van der Waals surface area contributed by atoms with Crippen LogP contribution in [0, 0.1) is 11.3 Å². The van der Waals surface area contributed by atoms with Crippen LogP contribution in [0.1, 0.15) is 30.5 Å². The molecule has 5 nitrogen and oxygen atoms in total. The molecular formula is C52H35N5. The first-order valence-corrected chi connectivity index (χ1v) is 19.1. The molecule has 1 aliphatic rings. The molecule has 0 saturated carbocycles. The van der Waals surface area contributed by atoms with Crippen molar-refractivity contribution >= 4 is 10.9 Å². The maximum atomic E-state index is 9.70. The lowest BCUT2D eigenvalue weighted by molar-refractivity contribution is 0.660. The Bertz CT molecular complexity index is 3030. The summed E-state index contributed by atoms with van der Waals surface area (Å²) in [5.41, 5.74) is 15.3. The van der Waals surface area contributed by atoms with E-state index in [1.165, 1.54) is 22.3 Å². The number of aromatic nitrogens is 4. The topological polar surface area (TPSA) is 75.3 Å². The van der Waals surface area contributed by atoms with Crippen LogP contribution in [0.3, 0.4) is 0 Å². The van der Waals surface area contributed by atoms with Gasteiger partial charge in [-0.25, -0.2) is 15.0 Å². The molecule has 0 fully saturated rings. The van der Waals surface area contributed by atoms with E-state index in [0.29, 0.717) is 23.0 Å². The Balaban J connectivity index is 1.17. The Labute approximate surface area is 331 Å². The van der Waals surface area contributed by atoms with E-state index in [0.717, 1.165) is 61.0 Å². The lowest BCUT2D eigenvalue weighted by Crippen LogP contribution is -2.15. The molecule has 0 atom stereocenters. The van der Waals surface area contributed by atoms with E-state index in [9.17, 15) is 5.26 Å². The zero-order valence-electron chi connectivity index (χ0n) is 31.5. The van der Waals surface area contributed by atoms with Gasteiger partial charge >= 0.3 is 0 Å². The van der Waals surface area contributed by atoms with Crippen LogP contribution in [-0.4, -0.2) is 19.9 Å². The van der Waals surface area contributed by atoms with Gasteiger partial charge in [0.05, 0.1) is 17.1 Å². The summed E-state index contributed by atoms with van der Waals surface area (Å²) in [6.45, 7) is 4.49. The average Bonchev–Trinajstić information content (AvgIpc) is 3.51. The number of hydrogen-bond donors (Lipinski definition) is 0. The summed E-state index contributed by atoms with van der Waals surface area (Å²) in [6, 6.07) is 61.0. The third-order valence-corrected chi connectivity index (χ3v) is 11.2. The molecule has 2 heterocycles. The quantitative estimate of drug-likeness (QED) is 0.170. The molecule has 0 bridgehead atoms. The minimum Gasteiger partial charge on any atom is -0.256 e. The lowest BCUT2D eigenvalue weighted by Gasteiger charge is -2.22. The average molecular weight is 730 g/mol. The van der Waals surface area contributed by atoms with Gasteiger partial charge in [-0.15, -0.1) is 0 Å². The molecule has 0 radical (unpaired) electrons. The lowest BCUT2D eigenvalue weighted by atomic mass is 9.81. The van der Waals surface area contributed by atoms with Crippen LogP contribution in [0.15, 0.2) is 176 Å². The van der Waals surface area contributed by atoms with Crippen LogP contribution in [-0.2, 0) is 5.41 Å². The van der Waals surface area contributed by atoms with E-state index in [4.69, 9.17) is 19.9 Å².